The van der Waals surface area contributed by atoms with E-state index < -0.39 is 18.5 Å². The first kappa shape index (κ1) is 19.9. The van der Waals surface area contributed by atoms with Gasteiger partial charge < -0.3 is 15.4 Å². The molecule has 0 aliphatic heterocycles. The summed E-state index contributed by atoms with van der Waals surface area (Å²) in [4.78, 5) is 35.5. The van der Waals surface area contributed by atoms with Crippen LogP contribution in [0.5, 0.6) is 0 Å². The van der Waals surface area contributed by atoms with Crippen LogP contribution in [0.25, 0.3) is 0 Å². The maximum absolute atomic E-state index is 12.0. The van der Waals surface area contributed by atoms with Crippen molar-refractivity contribution in [2.75, 3.05) is 18.5 Å². The molecule has 26 heavy (non-hydrogen) atoms. The fourth-order valence-electron chi connectivity index (χ4n) is 2.11. The summed E-state index contributed by atoms with van der Waals surface area (Å²) in [7, 11) is 0. The lowest BCUT2D eigenvalue weighted by Crippen LogP contribution is -2.32. The molecule has 0 bridgehead atoms. The Hall–Kier alpha value is -2.42. The van der Waals surface area contributed by atoms with Crippen LogP contribution in [0.2, 0.25) is 0 Å². The zero-order chi connectivity index (χ0) is 19.1. The molecule has 7 heteroatoms. The highest BCUT2D eigenvalue weighted by Gasteiger charge is 2.12. The number of rotatable bonds is 6. The highest BCUT2D eigenvalue weighted by atomic mass is 127. The number of amides is 2. The molecule has 0 saturated carbocycles. The third-order valence-corrected chi connectivity index (χ3v) is 4.61. The van der Waals surface area contributed by atoms with Crippen LogP contribution in [0.3, 0.4) is 0 Å². The fraction of sp³-hybridized carbons (Fsp3) is 0.211. The number of benzene rings is 2. The maximum atomic E-state index is 12.0. The van der Waals surface area contributed by atoms with Crippen molar-refractivity contribution in [2.24, 2.45) is 0 Å². The number of carbonyl (C=O) groups excluding carboxylic acids is 3. The number of hydrogen-bond acceptors (Lipinski definition) is 4. The first-order chi connectivity index (χ1) is 12.4. The van der Waals surface area contributed by atoms with E-state index in [1.54, 1.807) is 24.3 Å². The van der Waals surface area contributed by atoms with Crippen molar-refractivity contribution in [1.82, 2.24) is 5.32 Å². The first-order valence-electron chi connectivity index (χ1n) is 7.92. The predicted molar refractivity (Wildman–Crippen MR) is 107 cm³/mol. The quantitative estimate of drug-likeness (QED) is 0.507. The van der Waals surface area contributed by atoms with Crippen LogP contribution in [0.4, 0.5) is 5.69 Å². The van der Waals surface area contributed by atoms with Gasteiger partial charge in [-0.05, 0) is 71.8 Å². The average Bonchev–Trinajstić information content (AvgIpc) is 2.61. The highest BCUT2D eigenvalue weighted by Crippen LogP contribution is 2.14. The molecule has 2 aromatic rings. The summed E-state index contributed by atoms with van der Waals surface area (Å²) in [5.74, 6) is -1.49. The minimum absolute atomic E-state index is 0.305. The maximum Gasteiger partial charge on any atom is 0.325 e. The second-order valence-corrected chi connectivity index (χ2v) is 6.83. The number of anilines is 1. The van der Waals surface area contributed by atoms with Crippen LogP contribution >= 0.6 is 22.6 Å². The molecule has 0 radical (unpaired) electrons. The number of esters is 1. The van der Waals surface area contributed by atoms with Gasteiger partial charge in [0.05, 0.1) is 5.56 Å². The second-order valence-electron chi connectivity index (χ2n) is 5.67. The fourth-order valence-corrected chi connectivity index (χ4v) is 2.74. The summed E-state index contributed by atoms with van der Waals surface area (Å²) in [5.41, 5.74) is 3.30. The number of aryl methyl sites for hydroxylation is 2. The van der Waals surface area contributed by atoms with E-state index in [4.69, 9.17) is 4.74 Å². The number of carbonyl (C=O) groups is 3. The third-order valence-electron chi connectivity index (χ3n) is 3.67. The summed E-state index contributed by atoms with van der Waals surface area (Å²) in [5, 5.41) is 5.14. The van der Waals surface area contributed by atoms with Gasteiger partial charge in [0, 0.05) is 9.26 Å². The number of halogens is 1. The number of ether oxygens (including phenoxy) is 1. The van der Waals surface area contributed by atoms with Crippen molar-refractivity contribution < 1.29 is 19.1 Å². The third kappa shape index (κ3) is 5.83. The number of hydrogen-bond donors (Lipinski definition) is 2. The lowest BCUT2D eigenvalue weighted by molar-refractivity contribution is -0.146. The molecule has 6 nitrogen and oxygen atoms in total. The van der Waals surface area contributed by atoms with Gasteiger partial charge in [-0.2, -0.15) is 0 Å². The Bertz CT molecular complexity index is 836. The van der Waals surface area contributed by atoms with Crippen LogP contribution in [-0.2, 0) is 14.3 Å². The molecule has 2 aromatic carbocycles. The first-order valence-corrected chi connectivity index (χ1v) is 9.00. The molecule has 0 atom stereocenters. The molecule has 0 aliphatic carbocycles. The largest absolute Gasteiger partial charge is 0.454 e. The Kier molecular flexibility index (Phi) is 7.14. The Morgan fingerprint density at radius 3 is 2.46 bits per heavy atom. The van der Waals surface area contributed by atoms with Crippen LogP contribution in [0.1, 0.15) is 21.5 Å². The summed E-state index contributed by atoms with van der Waals surface area (Å²) in [6, 6.07) is 12.6. The van der Waals surface area contributed by atoms with Crippen molar-refractivity contribution in [3.63, 3.8) is 0 Å². The van der Waals surface area contributed by atoms with Gasteiger partial charge in [-0.15, -0.1) is 0 Å². The van der Waals surface area contributed by atoms with E-state index in [-0.39, 0.29) is 12.5 Å². The van der Waals surface area contributed by atoms with Crippen molar-refractivity contribution >= 4 is 46.1 Å². The molecular weight excluding hydrogens is 447 g/mol. The SMILES string of the molecule is Cc1ccc(NC(=O)COC(=O)CNC(=O)c2ccccc2I)cc1C. The molecule has 136 valence electrons. The van der Waals surface area contributed by atoms with Crippen LogP contribution in [0, 0.1) is 17.4 Å². The Morgan fingerprint density at radius 1 is 1.04 bits per heavy atom. The monoisotopic (exact) mass is 466 g/mol. The molecule has 0 aromatic heterocycles. The topological polar surface area (TPSA) is 84.5 Å². The summed E-state index contributed by atoms with van der Waals surface area (Å²) in [6.07, 6.45) is 0. The normalized spacial score (nSPS) is 10.1. The lowest BCUT2D eigenvalue weighted by Gasteiger charge is -2.09. The van der Waals surface area contributed by atoms with Gasteiger partial charge >= 0.3 is 5.97 Å². The van der Waals surface area contributed by atoms with Gasteiger partial charge in [0.1, 0.15) is 6.54 Å². The van der Waals surface area contributed by atoms with Crippen LogP contribution in [-0.4, -0.2) is 30.9 Å². The van der Waals surface area contributed by atoms with Crippen molar-refractivity contribution in [2.45, 2.75) is 13.8 Å². The molecule has 0 heterocycles. The van der Waals surface area contributed by atoms with E-state index in [2.05, 4.69) is 10.6 Å². The summed E-state index contributed by atoms with van der Waals surface area (Å²) >= 11 is 2.04. The van der Waals surface area contributed by atoms with Crippen LogP contribution < -0.4 is 10.6 Å². The molecule has 0 fully saturated rings. The van der Waals surface area contributed by atoms with E-state index in [0.717, 1.165) is 14.7 Å². The molecular formula is C19H19IN2O4. The van der Waals surface area contributed by atoms with Crippen LogP contribution in [0.15, 0.2) is 42.5 Å². The van der Waals surface area contributed by atoms with E-state index in [1.165, 1.54) is 0 Å². The Labute approximate surface area is 165 Å². The molecule has 0 aliphatic rings. The lowest BCUT2D eigenvalue weighted by atomic mass is 10.1. The van der Waals surface area contributed by atoms with Gasteiger partial charge in [0.25, 0.3) is 11.8 Å². The van der Waals surface area contributed by atoms with Crippen molar-refractivity contribution in [1.29, 1.82) is 0 Å². The van der Waals surface area contributed by atoms with Gasteiger partial charge in [0.15, 0.2) is 6.61 Å². The van der Waals surface area contributed by atoms with E-state index in [1.807, 2.05) is 54.6 Å². The molecule has 2 rings (SSSR count). The Balaban J connectivity index is 1.76. The van der Waals surface area contributed by atoms with Gasteiger partial charge in [-0.3, -0.25) is 14.4 Å². The number of nitrogens with one attached hydrogen (secondary N) is 2. The Morgan fingerprint density at radius 2 is 1.77 bits per heavy atom. The van der Waals surface area contributed by atoms with E-state index in [9.17, 15) is 14.4 Å². The standard InChI is InChI=1S/C19H19IN2O4/c1-12-7-8-14(9-13(12)2)22-17(23)11-26-18(24)10-21-19(25)15-5-3-4-6-16(15)20/h3-9H,10-11H2,1-2H3,(H,21,25)(H,22,23). The van der Waals surface area contributed by atoms with Crippen molar-refractivity contribution in [3.8, 4) is 0 Å². The zero-order valence-corrected chi connectivity index (χ0v) is 16.6. The zero-order valence-electron chi connectivity index (χ0n) is 14.5. The van der Waals surface area contributed by atoms with E-state index in [0.29, 0.717) is 11.3 Å². The average molecular weight is 466 g/mol. The smallest absolute Gasteiger partial charge is 0.325 e. The summed E-state index contributed by atoms with van der Waals surface area (Å²) < 4.78 is 5.66. The highest BCUT2D eigenvalue weighted by molar-refractivity contribution is 14.1. The molecule has 0 unspecified atom stereocenters. The van der Waals surface area contributed by atoms with Crippen molar-refractivity contribution in [3.05, 3.63) is 62.7 Å². The predicted octanol–water partition coefficient (Wildman–Crippen LogP) is 2.82. The minimum atomic E-state index is -0.681. The molecule has 2 amide bonds. The van der Waals surface area contributed by atoms with Gasteiger partial charge in [0.2, 0.25) is 0 Å². The molecule has 0 saturated heterocycles. The molecule has 0 spiro atoms. The minimum Gasteiger partial charge on any atom is -0.454 e. The second kappa shape index (κ2) is 9.33. The van der Waals surface area contributed by atoms with Gasteiger partial charge in [-0.25, -0.2) is 0 Å². The van der Waals surface area contributed by atoms with E-state index >= 15 is 0 Å². The van der Waals surface area contributed by atoms with Gasteiger partial charge in [-0.1, -0.05) is 18.2 Å². The summed E-state index contributed by atoms with van der Waals surface area (Å²) in [6.45, 7) is 3.21. The molecule has 2 N–H and O–H groups in total.